The molecule has 0 unspecified atom stereocenters. The molecule has 0 spiro atoms. The fraction of sp³-hybridized carbons (Fsp3) is 0.185. The molecule has 6 heteroatoms. The Morgan fingerprint density at radius 1 is 1.00 bits per heavy atom. The van der Waals surface area contributed by atoms with Gasteiger partial charge in [0.1, 0.15) is 6.73 Å². The molecule has 1 fully saturated rings. The number of carbonyl (C=O) groups is 2. The first-order chi connectivity index (χ1) is 16.1. The van der Waals surface area contributed by atoms with Crippen LogP contribution in [0, 0.1) is 0 Å². The Morgan fingerprint density at radius 3 is 2.45 bits per heavy atom. The number of nitrogens with two attached hydrogens (primary N) is 1. The summed E-state index contributed by atoms with van der Waals surface area (Å²) in [5.41, 5.74) is 10.7. The first-order valence-corrected chi connectivity index (χ1v) is 10.9. The number of nitrogen functional groups attached to an aromatic ring is 1. The Balaban J connectivity index is 1.29. The van der Waals surface area contributed by atoms with E-state index in [1.54, 1.807) is 29.2 Å². The van der Waals surface area contributed by atoms with Gasteiger partial charge in [-0.15, -0.1) is 0 Å². The van der Waals surface area contributed by atoms with E-state index in [0.29, 0.717) is 43.2 Å². The number of likely N-dealkylation sites (tertiary alicyclic amines) is 1. The van der Waals surface area contributed by atoms with Crippen LogP contribution in [-0.2, 0) is 16.1 Å². The van der Waals surface area contributed by atoms with Crippen molar-refractivity contribution in [3.8, 4) is 0 Å². The Bertz CT molecular complexity index is 1140. The second-order valence-electron chi connectivity index (χ2n) is 8.01. The van der Waals surface area contributed by atoms with E-state index in [-0.39, 0.29) is 11.8 Å². The van der Waals surface area contributed by atoms with Crippen LogP contribution in [0.1, 0.15) is 34.3 Å². The summed E-state index contributed by atoms with van der Waals surface area (Å²) < 4.78 is 5.71. The topological polar surface area (TPSA) is 84.7 Å². The number of anilines is 2. The summed E-state index contributed by atoms with van der Waals surface area (Å²) in [4.78, 5) is 26.8. The fourth-order valence-electron chi connectivity index (χ4n) is 3.68. The average Bonchev–Trinajstić information content (AvgIpc) is 2.83. The van der Waals surface area contributed by atoms with E-state index in [0.717, 1.165) is 23.1 Å². The molecular weight excluding hydrogens is 414 g/mol. The number of nitrogens with one attached hydrogen (secondary N) is 1. The number of ether oxygens (including phenoxy) is 1. The van der Waals surface area contributed by atoms with Crippen LogP contribution in [-0.4, -0.2) is 30.0 Å². The Kier molecular flexibility index (Phi) is 7.17. The van der Waals surface area contributed by atoms with Crippen molar-refractivity contribution in [2.45, 2.75) is 19.4 Å². The SMILES string of the molecule is Nc1ccccc1NC(=O)c1ccc(/C=C2/CCN(COCc3ccccc3)C(=O)C2)cc1. The minimum absolute atomic E-state index is 0.0667. The molecule has 6 nitrogen and oxygen atoms in total. The van der Waals surface area contributed by atoms with Gasteiger partial charge in [-0.25, -0.2) is 0 Å². The standard InChI is InChI=1S/C27H27N3O3/c28-24-8-4-5-9-25(24)29-27(32)23-12-10-20(11-13-23)16-22-14-15-30(26(31)17-22)19-33-18-21-6-2-1-3-7-21/h1-13,16H,14-15,17-19,28H2,(H,29,32)/b22-16-. The number of amides is 2. The maximum Gasteiger partial charge on any atom is 0.255 e. The summed E-state index contributed by atoms with van der Waals surface area (Å²) in [5.74, 6) is -0.150. The highest BCUT2D eigenvalue weighted by atomic mass is 16.5. The van der Waals surface area contributed by atoms with Gasteiger partial charge in [0.05, 0.1) is 18.0 Å². The van der Waals surface area contributed by atoms with Crippen LogP contribution in [0.15, 0.2) is 84.4 Å². The fourth-order valence-corrected chi connectivity index (χ4v) is 3.68. The molecule has 1 saturated heterocycles. The highest BCUT2D eigenvalue weighted by Gasteiger charge is 2.21. The molecule has 0 aromatic heterocycles. The minimum Gasteiger partial charge on any atom is -0.397 e. The molecule has 1 aliphatic heterocycles. The maximum absolute atomic E-state index is 12.5. The molecule has 1 heterocycles. The zero-order valence-corrected chi connectivity index (χ0v) is 18.4. The van der Waals surface area contributed by atoms with Gasteiger partial charge in [0.25, 0.3) is 5.91 Å². The summed E-state index contributed by atoms with van der Waals surface area (Å²) in [6, 6.07) is 24.4. The molecule has 0 saturated carbocycles. The third-order valence-electron chi connectivity index (χ3n) is 5.55. The van der Waals surface area contributed by atoms with Gasteiger partial charge < -0.3 is 20.7 Å². The third-order valence-corrected chi connectivity index (χ3v) is 5.55. The zero-order valence-electron chi connectivity index (χ0n) is 18.4. The van der Waals surface area contributed by atoms with Gasteiger partial charge in [0, 0.05) is 18.5 Å². The first kappa shape index (κ1) is 22.3. The quantitative estimate of drug-likeness (QED) is 0.521. The first-order valence-electron chi connectivity index (χ1n) is 10.9. The predicted molar refractivity (Wildman–Crippen MR) is 130 cm³/mol. The summed E-state index contributed by atoms with van der Waals surface area (Å²) in [6.07, 6.45) is 3.21. The molecule has 2 amide bonds. The van der Waals surface area contributed by atoms with Crippen LogP contribution in [0.4, 0.5) is 11.4 Å². The lowest BCUT2D eigenvalue weighted by atomic mass is 10.00. The lowest BCUT2D eigenvalue weighted by molar-refractivity contribution is -0.138. The number of rotatable bonds is 7. The number of piperidine rings is 1. The lowest BCUT2D eigenvalue weighted by Gasteiger charge is -2.28. The van der Waals surface area contributed by atoms with E-state index in [9.17, 15) is 9.59 Å². The van der Waals surface area contributed by atoms with Crippen molar-refractivity contribution in [2.24, 2.45) is 0 Å². The van der Waals surface area contributed by atoms with Gasteiger partial charge >= 0.3 is 0 Å². The highest BCUT2D eigenvalue weighted by molar-refractivity contribution is 6.05. The summed E-state index contributed by atoms with van der Waals surface area (Å²) in [5, 5.41) is 2.82. The van der Waals surface area contributed by atoms with Gasteiger partial charge in [0.15, 0.2) is 0 Å². The van der Waals surface area contributed by atoms with Gasteiger partial charge in [0.2, 0.25) is 5.91 Å². The van der Waals surface area contributed by atoms with Crippen molar-refractivity contribution in [3.63, 3.8) is 0 Å². The van der Waals surface area contributed by atoms with Crippen molar-refractivity contribution in [2.75, 3.05) is 24.3 Å². The van der Waals surface area contributed by atoms with E-state index in [4.69, 9.17) is 10.5 Å². The van der Waals surface area contributed by atoms with E-state index >= 15 is 0 Å². The van der Waals surface area contributed by atoms with Crippen molar-refractivity contribution < 1.29 is 14.3 Å². The van der Waals surface area contributed by atoms with Crippen molar-refractivity contribution >= 4 is 29.3 Å². The summed E-state index contributed by atoms with van der Waals surface area (Å²) in [6.45, 7) is 1.43. The number of para-hydroxylation sites is 2. The summed E-state index contributed by atoms with van der Waals surface area (Å²) >= 11 is 0. The second kappa shape index (κ2) is 10.6. The average molecular weight is 442 g/mol. The number of hydrogen-bond acceptors (Lipinski definition) is 4. The Labute approximate surface area is 193 Å². The minimum atomic E-state index is -0.217. The molecule has 33 heavy (non-hydrogen) atoms. The van der Waals surface area contributed by atoms with E-state index in [2.05, 4.69) is 5.32 Å². The smallest absolute Gasteiger partial charge is 0.255 e. The number of hydrogen-bond donors (Lipinski definition) is 2. The number of carbonyl (C=O) groups excluding carboxylic acids is 2. The highest BCUT2D eigenvalue weighted by Crippen LogP contribution is 2.22. The molecule has 168 valence electrons. The molecule has 4 rings (SSSR count). The molecule has 0 bridgehead atoms. The van der Waals surface area contributed by atoms with Crippen molar-refractivity contribution in [3.05, 3.63) is 101 Å². The predicted octanol–water partition coefficient (Wildman–Crippen LogP) is 4.70. The molecule has 3 aromatic rings. The van der Waals surface area contributed by atoms with Crippen molar-refractivity contribution in [1.82, 2.24) is 4.90 Å². The van der Waals surface area contributed by atoms with E-state index in [1.807, 2.05) is 60.7 Å². The van der Waals surface area contributed by atoms with Gasteiger partial charge in [-0.2, -0.15) is 0 Å². The molecule has 3 N–H and O–H groups in total. The van der Waals surface area contributed by atoms with Crippen LogP contribution in [0.5, 0.6) is 0 Å². The lowest BCUT2D eigenvalue weighted by Crippen LogP contribution is -2.37. The number of benzene rings is 3. The zero-order chi connectivity index (χ0) is 23.0. The molecule has 0 radical (unpaired) electrons. The Hall–Kier alpha value is -3.90. The van der Waals surface area contributed by atoms with Crippen LogP contribution < -0.4 is 11.1 Å². The molecule has 1 aliphatic rings. The maximum atomic E-state index is 12.5. The van der Waals surface area contributed by atoms with Crippen LogP contribution in [0.25, 0.3) is 6.08 Å². The molecule has 0 atom stereocenters. The Morgan fingerprint density at radius 2 is 1.73 bits per heavy atom. The van der Waals surface area contributed by atoms with E-state index in [1.165, 1.54) is 0 Å². The van der Waals surface area contributed by atoms with Crippen LogP contribution in [0.3, 0.4) is 0 Å². The number of nitrogens with zero attached hydrogens (tertiary/aromatic N) is 1. The van der Waals surface area contributed by atoms with Crippen LogP contribution >= 0.6 is 0 Å². The normalized spacial score (nSPS) is 15.0. The second-order valence-corrected chi connectivity index (χ2v) is 8.01. The summed E-state index contributed by atoms with van der Waals surface area (Å²) in [7, 11) is 0. The molecular formula is C27H27N3O3. The van der Waals surface area contributed by atoms with Crippen LogP contribution in [0.2, 0.25) is 0 Å². The van der Waals surface area contributed by atoms with E-state index < -0.39 is 0 Å². The largest absolute Gasteiger partial charge is 0.397 e. The van der Waals surface area contributed by atoms with Gasteiger partial charge in [-0.05, 0) is 41.8 Å². The van der Waals surface area contributed by atoms with Gasteiger partial charge in [-0.1, -0.05) is 66.2 Å². The molecule has 3 aromatic carbocycles. The van der Waals surface area contributed by atoms with Gasteiger partial charge in [-0.3, -0.25) is 9.59 Å². The van der Waals surface area contributed by atoms with Crippen molar-refractivity contribution in [1.29, 1.82) is 0 Å². The third kappa shape index (κ3) is 6.08. The molecule has 0 aliphatic carbocycles. The monoisotopic (exact) mass is 441 g/mol.